The Hall–Kier alpha value is -1.35. The normalized spacial score (nSPS) is 26.1. The van der Waals surface area contributed by atoms with Crippen LogP contribution in [0.5, 0.6) is 0 Å². The largest absolute Gasteiger partial charge is 0.481 e. The van der Waals surface area contributed by atoms with Crippen LogP contribution >= 0.6 is 0 Å². The van der Waals surface area contributed by atoms with Crippen molar-refractivity contribution in [1.29, 1.82) is 0 Å². The van der Waals surface area contributed by atoms with Crippen molar-refractivity contribution in [2.45, 2.75) is 51.5 Å². The van der Waals surface area contributed by atoms with E-state index in [0.29, 0.717) is 6.54 Å². The van der Waals surface area contributed by atoms with Gasteiger partial charge in [0.25, 0.3) is 0 Å². The molecule has 3 rings (SSSR count). The summed E-state index contributed by atoms with van der Waals surface area (Å²) in [6, 6.07) is 8.93. The number of hydrogen-bond donors (Lipinski definition) is 1. The molecular weight excluding hydrogens is 262 g/mol. The Labute approximate surface area is 127 Å². The van der Waals surface area contributed by atoms with Gasteiger partial charge in [0, 0.05) is 13.1 Å². The number of benzene rings is 1. The van der Waals surface area contributed by atoms with E-state index >= 15 is 0 Å². The standard InChI is InChI=1S/C18H25NO2/c1-2-9-18(17(20)21)10-11-19(13-18)12-14-3-5-15(6-4-14)16-7-8-16/h3-6,16H,2,7-13H2,1H3,(H,20,21). The summed E-state index contributed by atoms with van der Waals surface area (Å²) in [5.41, 5.74) is 2.26. The van der Waals surface area contributed by atoms with Crippen molar-refractivity contribution in [3.8, 4) is 0 Å². The molecule has 0 amide bonds. The van der Waals surface area contributed by atoms with Gasteiger partial charge < -0.3 is 5.11 Å². The molecule has 21 heavy (non-hydrogen) atoms. The molecule has 0 aromatic heterocycles. The van der Waals surface area contributed by atoms with Gasteiger partial charge in [0.2, 0.25) is 0 Å². The Morgan fingerprint density at radius 2 is 2.05 bits per heavy atom. The Bertz CT molecular complexity index is 506. The smallest absolute Gasteiger partial charge is 0.310 e. The van der Waals surface area contributed by atoms with Crippen LogP contribution in [0.3, 0.4) is 0 Å². The second kappa shape index (κ2) is 5.80. The van der Waals surface area contributed by atoms with Gasteiger partial charge in [0.15, 0.2) is 0 Å². The fourth-order valence-corrected chi connectivity index (χ4v) is 3.63. The molecule has 114 valence electrons. The summed E-state index contributed by atoms with van der Waals surface area (Å²) >= 11 is 0. The van der Waals surface area contributed by atoms with E-state index in [1.54, 1.807) is 0 Å². The van der Waals surface area contributed by atoms with Gasteiger partial charge >= 0.3 is 5.97 Å². The van der Waals surface area contributed by atoms with Crippen molar-refractivity contribution in [1.82, 2.24) is 4.90 Å². The third-order valence-electron chi connectivity index (χ3n) is 5.05. The average Bonchev–Trinajstić information content (AvgIpc) is 3.23. The van der Waals surface area contributed by atoms with Gasteiger partial charge in [-0.3, -0.25) is 9.69 Å². The van der Waals surface area contributed by atoms with E-state index < -0.39 is 11.4 Å². The minimum Gasteiger partial charge on any atom is -0.481 e. The van der Waals surface area contributed by atoms with Crippen LogP contribution in [0.1, 0.15) is 56.1 Å². The second-order valence-electron chi connectivity index (χ2n) is 6.81. The van der Waals surface area contributed by atoms with Crippen LogP contribution in [0.2, 0.25) is 0 Å². The lowest BCUT2D eigenvalue weighted by Crippen LogP contribution is -2.34. The zero-order valence-electron chi connectivity index (χ0n) is 12.8. The molecule has 0 radical (unpaired) electrons. The molecule has 1 atom stereocenters. The molecule has 1 aromatic carbocycles. The van der Waals surface area contributed by atoms with E-state index in [1.807, 2.05) is 0 Å². The number of rotatable bonds is 6. The Morgan fingerprint density at radius 1 is 1.33 bits per heavy atom. The van der Waals surface area contributed by atoms with Crippen molar-refractivity contribution in [3.63, 3.8) is 0 Å². The summed E-state index contributed by atoms with van der Waals surface area (Å²) in [7, 11) is 0. The highest BCUT2D eigenvalue weighted by molar-refractivity contribution is 5.75. The number of carboxylic acids is 1. The molecule has 1 aromatic rings. The average molecular weight is 287 g/mol. The Kier molecular flexibility index (Phi) is 4.03. The zero-order chi connectivity index (χ0) is 14.9. The first-order valence-corrected chi connectivity index (χ1v) is 8.17. The second-order valence-corrected chi connectivity index (χ2v) is 6.81. The van der Waals surface area contributed by atoms with Crippen LogP contribution in [0.25, 0.3) is 0 Å². The molecule has 1 N–H and O–H groups in total. The monoisotopic (exact) mass is 287 g/mol. The van der Waals surface area contributed by atoms with E-state index in [4.69, 9.17) is 0 Å². The highest BCUT2D eigenvalue weighted by Crippen LogP contribution is 2.40. The molecule has 1 aliphatic carbocycles. The van der Waals surface area contributed by atoms with Gasteiger partial charge in [0.05, 0.1) is 5.41 Å². The fraction of sp³-hybridized carbons (Fsp3) is 0.611. The maximum Gasteiger partial charge on any atom is 0.310 e. The topological polar surface area (TPSA) is 40.5 Å². The Balaban J connectivity index is 1.62. The fourth-order valence-electron chi connectivity index (χ4n) is 3.63. The predicted octanol–water partition coefficient (Wildman–Crippen LogP) is 3.64. The third kappa shape index (κ3) is 3.13. The molecule has 2 fully saturated rings. The van der Waals surface area contributed by atoms with Gasteiger partial charge in [-0.2, -0.15) is 0 Å². The summed E-state index contributed by atoms with van der Waals surface area (Å²) in [5.74, 6) is 0.186. The number of likely N-dealkylation sites (tertiary alicyclic amines) is 1. The van der Waals surface area contributed by atoms with Crippen molar-refractivity contribution in [2.24, 2.45) is 5.41 Å². The minimum atomic E-state index is -0.615. The van der Waals surface area contributed by atoms with Crippen molar-refractivity contribution in [2.75, 3.05) is 13.1 Å². The molecule has 2 aliphatic rings. The maximum absolute atomic E-state index is 11.6. The molecule has 0 spiro atoms. The van der Waals surface area contributed by atoms with Gasteiger partial charge in [-0.15, -0.1) is 0 Å². The maximum atomic E-state index is 11.6. The number of carbonyl (C=O) groups is 1. The van der Waals surface area contributed by atoms with Crippen LogP contribution in [0, 0.1) is 5.41 Å². The summed E-state index contributed by atoms with van der Waals surface area (Å²) < 4.78 is 0. The molecule has 3 heteroatoms. The highest BCUT2D eigenvalue weighted by atomic mass is 16.4. The SMILES string of the molecule is CCCC1(C(=O)O)CCN(Cc2ccc(C3CC3)cc2)C1. The van der Waals surface area contributed by atoms with E-state index in [-0.39, 0.29) is 0 Å². The quantitative estimate of drug-likeness (QED) is 0.868. The van der Waals surface area contributed by atoms with E-state index in [9.17, 15) is 9.90 Å². The van der Waals surface area contributed by atoms with Gasteiger partial charge in [-0.1, -0.05) is 37.6 Å². The molecule has 1 aliphatic heterocycles. The van der Waals surface area contributed by atoms with E-state index in [1.165, 1.54) is 24.0 Å². The summed E-state index contributed by atoms with van der Waals surface area (Å²) in [4.78, 5) is 13.9. The molecule has 1 saturated heterocycles. The van der Waals surface area contributed by atoms with Crippen molar-refractivity contribution < 1.29 is 9.90 Å². The Morgan fingerprint density at radius 3 is 2.62 bits per heavy atom. The summed E-state index contributed by atoms with van der Waals surface area (Å²) in [6.45, 7) is 4.55. The van der Waals surface area contributed by atoms with Gasteiger partial charge in [-0.25, -0.2) is 0 Å². The van der Waals surface area contributed by atoms with Crippen LogP contribution < -0.4 is 0 Å². The molecule has 1 heterocycles. The van der Waals surface area contributed by atoms with E-state index in [0.717, 1.165) is 38.3 Å². The highest BCUT2D eigenvalue weighted by Gasteiger charge is 2.43. The molecular formula is C18H25NO2. The van der Waals surface area contributed by atoms with E-state index in [2.05, 4.69) is 36.1 Å². The number of hydrogen-bond acceptors (Lipinski definition) is 2. The molecule has 1 unspecified atom stereocenters. The van der Waals surface area contributed by atoms with Gasteiger partial charge in [-0.05, 0) is 49.3 Å². The number of carboxylic acid groups (broad SMARTS) is 1. The van der Waals surface area contributed by atoms with Crippen molar-refractivity contribution in [3.05, 3.63) is 35.4 Å². The first-order valence-electron chi connectivity index (χ1n) is 8.17. The molecule has 3 nitrogen and oxygen atoms in total. The van der Waals surface area contributed by atoms with Gasteiger partial charge in [0.1, 0.15) is 0 Å². The zero-order valence-corrected chi connectivity index (χ0v) is 12.8. The molecule has 1 saturated carbocycles. The lowest BCUT2D eigenvalue weighted by atomic mass is 9.83. The summed E-state index contributed by atoms with van der Waals surface area (Å²) in [6.07, 6.45) is 5.19. The van der Waals surface area contributed by atoms with Crippen LogP contribution in [-0.2, 0) is 11.3 Å². The lowest BCUT2D eigenvalue weighted by molar-refractivity contribution is -0.148. The minimum absolute atomic E-state index is 0.511. The number of aliphatic carboxylic acids is 1. The predicted molar refractivity (Wildman–Crippen MR) is 83.3 cm³/mol. The third-order valence-corrected chi connectivity index (χ3v) is 5.05. The summed E-state index contributed by atoms with van der Waals surface area (Å²) in [5, 5.41) is 9.56. The number of nitrogens with zero attached hydrogens (tertiary/aromatic N) is 1. The molecule has 0 bridgehead atoms. The van der Waals surface area contributed by atoms with Crippen LogP contribution in [0.4, 0.5) is 0 Å². The first-order chi connectivity index (χ1) is 10.1. The van der Waals surface area contributed by atoms with Crippen LogP contribution in [-0.4, -0.2) is 29.1 Å². The van der Waals surface area contributed by atoms with Crippen LogP contribution in [0.15, 0.2) is 24.3 Å². The lowest BCUT2D eigenvalue weighted by Gasteiger charge is -2.24. The first kappa shape index (κ1) is 14.6. The van der Waals surface area contributed by atoms with Crippen molar-refractivity contribution >= 4 is 5.97 Å².